The molecule has 0 aliphatic rings. The van der Waals surface area contributed by atoms with Crippen molar-refractivity contribution in [3.8, 4) is 0 Å². The van der Waals surface area contributed by atoms with E-state index in [-0.39, 0.29) is 0 Å². The van der Waals surface area contributed by atoms with Crippen molar-refractivity contribution in [3.05, 3.63) is 0 Å². The third-order valence-electron chi connectivity index (χ3n) is 1.26. The third kappa shape index (κ3) is 3.33. The maximum Gasteiger partial charge on any atom is 0.407 e. The van der Waals surface area contributed by atoms with Crippen molar-refractivity contribution in [2.75, 3.05) is 13.1 Å². The molecule has 0 aliphatic carbocycles. The van der Waals surface area contributed by atoms with Crippen LogP contribution in [0.4, 0.5) is 4.79 Å². The van der Waals surface area contributed by atoms with Crippen molar-refractivity contribution in [2.45, 2.75) is 26.7 Å². The second kappa shape index (κ2) is 5.09. The van der Waals surface area contributed by atoms with Crippen LogP contribution in [0.3, 0.4) is 0 Å². The average molecular weight is 145 g/mol. The number of hydrogen-bond donors (Lipinski definition) is 1. The van der Waals surface area contributed by atoms with E-state index in [1.165, 1.54) is 4.90 Å². The van der Waals surface area contributed by atoms with Gasteiger partial charge in [-0.25, -0.2) is 4.79 Å². The van der Waals surface area contributed by atoms with Crippen LogP contribution in [-0.4, -0.2) is 29.2 Å². The Hall–Kier alpha value is -0.730. The summed E-state index contributed by atoms with van der Waals surface area (Å²) >= 11 is 0. The van der Waals surface area contributed by atoms with E-state index < -0.39 is 6.09 Å². The predicted molar refractivity (Wildman–Crippen MR) is 40.2 cm³/mol. The number of carboxylic acid groups (broad SMARTS) is 1. The summed E-state index contributed by atoms with van der Waals surface area (Å²) in [6.45, 7) is 5.27. The van der Waals surface area contributed by atoms with Gasteiger partial charge in [0.2, 0.25) is 0 Å². The van der Waals surface area contributed by atoms with Gasteiger partial charge in [-0.15, -0.1) is 0 Å². The van der Waals surface area contributed by atoms with E-state index in [0.717, 1.165) is 12.8 Å². The molecule has 1 N–H and O–H groups in total. The van der Waals surface area contributed by atoms with E-state index in [2.05, 4.69) is 0 Å². The van der Waals surface area contributed by atoms with Crippen LogP contribution in [0.2, 0.25) is 0 Å². The molecule has 0 saturated carbocycles. The summed E-state index contributed by atoms with van der Waals surface area (Å²) in [5, 5.41) is 8.56. The van der Waals surface area contributed by atoms with Gasteiger partial charge in [-0.1, -0.05) is 13.8 Å². The van der Waals surface area contributed by atoms with Crippen molar-refractivity contribution in [3.63, 3.8) is 0 Å². The lowest BCUT2D eigenvalue weighted by atomic mass is 10.4. The molecule has 3 heteroatoms. The molecule has 0 aromatic rings. The molecule has 3 nitrogen and oxygen atoms in total. The molecule has 10 heavy (non-hydrogen) atoms. The van der Waals surface area contributed by atoms with Gasteiger partial charge in [-0.3, -0.25) is 0 Å². The van der Waals surface area contributed by atoms with Gasteiger partial charge in [-0.2, -0.15) is 0 Å². The maximum atomic E-state index is 10.4. The zero-order valence-corrected chi connectivity index (χ0v) is 6.63. The Morgan fingerprint density at radius 2 is 1.70 bits per heavy atom. The molecule has 1 amide bonds. The molecule has 0 rings (SSSR count). The Labute approximate surface area is 61.6 Å². The Kier molecular flexibility index (Phi) is 4.72. The molecule has 0 aromatic heterocycles. The molecular weight excluding hydrogens is 130 g/mol. The lowest BCUT2D eigenvalue weighted by molar-refractivity contribution is 0.145. The van der Waals surface area contributed by atoms with E-state index in [1.54, 1.807) is 0 Å². The first-order chi connectivity index (χ1) is 4.72. The number of hydrogen-bond acceptors (Lipinski definition) is 1. The lowest BCUT2D eigenvalue weighted by Crippen LogP contribution is -2.30. The Morgan fingerprint density at radius 1 is 1.30 bits per heavy atom. The van der Waals surface area contributed by atoms with Gasteiger partial charge >= 0.3 is 6.09 Å². The molecule has 0 saturated heterocycles. The molecule has 0 heterocycles. The molecule has 0 atom stereocenters. The van der Waals surface area contributed by atoms with Crippen LogP contribution in [-0.2, 0) is 0 Å². The van der Waals surface area contributed by atoms with Crippen molar-refractivity contribution in [1.82, 2.24) is 4.90 Å². The summed E-state index contributed by atoms with van der Waals surface area (Å²) in [6, 6.07) is 0. The van der Waals surface area contributed by atoms with Crippen molar-refractivity contribution in [2.24, 2.45) is 0 Å². The highest BCUT2D eigenvalue weighted by Crippen LogP contribution is 1.93. The highest BCUT2D eigenvalue weighted by Gasteiger charge is 2.07. The number of nitrogens with zero attached hydrogens (tertiary/aromatic N) is 1. The molecule has 0 fully saturated rings. The van der Waals surface area contributed by atoms with Crippen LogP contribution in [0.25, 0.3) is 0 Å². The van der Waals surface area contributed by atoms with E-state index in [4.69, 9.17) is 5.11 Å². The molecule has 0 unspecified atom stereocenters. The average Bonchev–Trinajstić information content (AvgIpc) is 1.87. The monoisotopic (exact) mass is 145 g/mol. The van der Waals surface area contributed by atoms with Crippen molar-refractivity contribution < 1.29 is 9.90 Å². The van der Waals surface area contributed by atoms with E-state index in [0.29, 0.717) is 13.1 Å². The largest absolute Gasteiger partial charge is 0.465 e. The van der Waals surface area contributed by atoms with Crippen molar-refractivity contribution in [1.29, 1.82) is 0 Å². The molecule has 0 aliphatic heterocycles. The van der Waals surface area contributed by atoms with E-state index >= 15 is 0 Å². The van der Waals surface area contributed by atoms with Gasteiger partial charge in [0.15, 0.2) is 0 Å². The van der Waals surface area contributed by atoms with Crippen LogP contribution in [0.15, 0.2) is 0 Å². The lowest BCUT2D eigenvalue weighted by Gasteiger charge is -2.16. The summed E-state index contributed by atoms with van der Waals surface area (Å²) in [5.41, 5.74) is 0. The summed E-state index contributed by atoms with van der Waals surface area (Å²) in [5.74, 6) is 0. The number of amides is 1. The normalized spacial score (nSPS) is 9.40. The summed E-state index contributed by atoms with van der Waals surface area (Å²) in [4.78, 5) is 11.8. The first-order valence-corrected chi connectivity index (χ1v) is 3.70. The van der Waals surface area contributed by atoms with Gasteiger partial charge in [0.1, 0.15) is 0 Å². The smallest absolute Gasteiger partial charge is 0.407 e. The fourth-order valence-corrected chi connectivity index (χ4v) is 0.843. The minimum absolute atomic E-state index is 0.656. The van der Waals surface area contributed by atoms with Crippen LogP contribution in [0.1, 0.15) is 26.7 Å². The molecule has 0 aromatic carbocycles. The Morgan fingerprint density at radius 3 is 1.90 bits per heavy atom. The molecule has 60 valence electrons. The van der Waals surface area contributed by atoms with Crippen LogP contribution < -0.4 is 0 Å². The number of carbonyl (C=O) groups is 1. The quantitative estimate of drug-likeness (QED) is 0.655. The predicted octanol–water partition coefficient (Wildman–Crippen LogP) is 1.79. The zero-order chi connectivity index (χ0) is 7.98. The Balaban J connectivity index is 3.61. The molecular formula is C7H15NO2. The van der Waals surface area contributed by atoms with Gasteiger partial charge in [-0.05, 0) is 12.8 Å². The van der Waals surface area contributed by atoms with Gasteiger partial charge in [0.05, 0.1) is 0 Å². The second-order valence-corrected chi connectivity index (χ2v) is 2.27. The fraction of sp³-hybridized carbons (Fsp3) is 0.857. The summed E-state index contributed by atoms with van der Waals surface area (Å²) in [7, 11) is 0. The van der Waals surface area contributed by atoms with Gasteiger partial charge < -0.3 is 10.0 Å². The van der Waals surface area contributed by atoms with Crippen LogP contribution in [0.5, 0.6) is 0 Å². The second-order valence-electron chi connectivity index (χ2n) is 2.27. The van der Waals surface area contributed by atoms with Gasteiger partial charge in [0, 0.05) is 13.1 Å². The fourth-order valence-electron chi connectivity index (χ4n) is 0.843. The first kappa shape index (κ1) is 9.27. The van der Waals surface area contributed by atoms with E-state index in [1.807, 2.05) is 13.8 Å². The van der Waals surface area contributed by atoms with Crippen LogP contribution in [0, 0.1) is 0 Å². The zero-order valence-electron chi connectivity index (χ0n) is 6.63. The first-order valence-electron chi connectivity index (χ1n) is 3.70. The minimum atomic E-state index is -0.802. The maximum absolute atomic E-state index is 10.4. The topological polar surface area (TPSA) is 40.5 Å². The molecule has 0 bridgehead atoms. The van der Waals surface area contributed by atoms with Gasteiger partial charge in [0.25, 0.3) is 0 Å². The highest BCUT2D eigenvalue weighted by molar-refractivity contribution is 5.64. The number of rotatable bonds is 4. The van der Waals surface area contributed by atoms with Crippen molar-refractivity contribution >= 4 is 6.09 Å². The highest BCUT2D eigenvalue weighted by atomic mass is 16.4. The molecule has 0 spiro atoms. The van der Waals surface area contributed by atoms with E-state index in [9.17, 15) is 4.79 Å². The minimum Gasteiger partial charge on any atom is -0.465 e. The SMILES string of the molecule is CCCN(CCC)C(=O)O. The van der Waals surface area contributed by atoms with Crippen LogP contribution >= 0.6 is 0 Å². The standard InChI is InChI=1S/C7H15NO2/c1-3-5-8(6-4-2)7(9)10/h3-6H2,1-2H3,(H,9,10). The third-order valence-corrected chi connectivity index (χ3v) is 1.26. The Bertz CT molecular complexity index is 97.8. The molecule has 0 radical (unpaired) electrons. The summed E-state index contributed by atoms with van der Waals surface area (Å²) in [6.07, 6.45) is 0.988. The summed E-state index contributed by atoms with van der Waals surface area (Å²) < 4.78 is 0.